The molecule has 0 spiro atoms. The van der Waals surface area contributed by atoms with Gasteiger partial charge in [0.1, 0.15) is 5.69 Å². The Morgan fingerprint density at radius 3 is 2.71 bits per heavy atom. The van der Waals surface area contributed by atoms with E-state index in [0.717, 1.165) is 21.8 Å². The first-order valence-electron chi connectivity index (χ1n) is 7.98. The molecule has 5 heteroatoms. The van der Waals surface area contributed by atoms with Crippen LogP contribution in [-0.4, -0.2) is 22.2 Å². The van der Waals surface area contributed by atoms with Gasteiger partial charge in [0.15, 0.2) is 0 Å². The largest absolute Gasteiger partial charge is 0.350 e. The predicted molar refractivity (Wildman–Crippen MR) is 98.5 cm³/mol. The van der Waals surface area contributed by atoms with Gasteiger partial charge in [-0.2, -0.15) is 5.10 Å². The van der Waals surface area contributed by atoms with Crippen molar-refractivity contribution in [1.29, 1.82) is 0 Å². The Labute approximate surface area is 146 Å². The fourth-order valence-electron chi connectivity index (χ4n) is 2.54. The van der Waals surface area contributed by atoms with Gasteiger partial charge in [-0.1, -0.05) is 12.1 Å². The van der Waals surface area contributed by atoms with Crippen molar-refractivity contribution in [2.45, 2.75) is 27.3 Å². The molecule has 0 atom stereocenters. The first-order chi connectivity index (χ1) is 11.5. The summed E-state index contributed by atoms with van der Waals surface area (Å²) in [5.74, 6) is -0.0404. The van der Waals surface area contributed by atoms with Gasteiger partial charge in [-0.15, -0.1) is 11.3 Å². The molecule has 4 nitrogen and oxygen atoms in total. The second kappa shape index (κ2) is 7.01. The maximum Gasteiger partial charge on any atom is 0.251 e. The molecule has 1 N–H and O–H groups in total. The second-order valence-corrected chi connectivity index (χ2v) is 6.87. The maximum atomic E-state index is 12.2. The summed E-state index contributed by atoms with van der Waals surface area (Å²) in [7, 11) is 0. The van der Waals surface area contributed by atoms with Crippen molar-refractivity contribution in [3.63, 3.8) is 0 Å². The average Bonchev–Trinajstić information content (AvgIpc) is 3.20. The highest BCUT2D eigenvalue weighted by atomic mass is 32.1. The topological polar surface area (TPSA) is 46.9 Å². The average molecular weight is 339 g/mol. The zero-order valence-electron chi connectivity index (χ0n) is 14.2. The lowest BCUT2D eigenvalue weighted by Gasteiger charge is -2.08. The fraction of sp³-hybridized carbons (Fsp3) is 0.263. The van der Waals surface area contributed by atoms with Crippen LogP contribution in [-0.2, 0) is 6.54 Å². The highest BCUT2D eigenvalue weighted by Gasteiger charge is 2.09. The lowest BCUT2D eigenvalue weighted by atomic mass is 10.1. The SMILES string of the molecule is Cc1ccc(C(=O)NCCn2nc(-c3cccs3)cc2C)cc1C. The van der Waals surface area contributed by atoms with Gasteiger partial charge >= 0.3 is 0 Å². The van der Waals surface area contributed by atoms with Crippen molar-refractivity contribution in [2.75, 3.05) is 6.54 Å². The minimum atomic E-state index is -0.0404. The van der Waals surface area contributed by atoms with Gasteiger partial charge in [0.25, 0.3) is 5.91 Å². The Kier molecular flexibility index (Phi) is 4.81. The number of benzene rings is 1. The van der Waals surface area contributed by atoms with Gasteiger partial charge in [0.05, 0.1) is 11.4 Å². The van der Waals surface area contributed by atoms with E-state index >= 15 is 0 Å². The zero-order chi connectivity index (χ0) is 17.1. The summed E-state index contributed by atoms with van der Waals surface area (Å²) >= 11 is 1.68. The molecule has 3 aromatic rings. The van der Waals surface area contributed by atoms with Gasteiger partial charge in [-0.05, 0) is 61.5 Å². The number of hydrogen-bond acceptors (Lipinski definition) is 3. The molecule has 3 rings (SSSR count). The predicted octanol–water partition coefficient (Wildman–Crippen LogP) is 3.97. The van der Waals surface area contributed by atoms with E-state index < -0.39 is 0 Å². The van der Waals surface area contributed by atoms with Crippen molar-refractivity contribution in [3.8, 4) is 10.6 Å². The van der Waals surface area contributed by atoms with Crippen LogP contribution in [0.2, 0.25) is 0 Å². The molecule has 0 aliphatic heterocycles. The third kappa shape index (κ3) is 3.57. The van der Waals surface area contributed by atoms with Gasteiger partial charge in [-0.3, -0.25) is 9.48 Å². The fourth-order valence-corrected chi connectivity index (χ4v) is 3.22. The number of carbonyl (C=O) groups is 1. The Bertz CT molecular complexity index is 850. The third-order valence-corrected chi connectivity index (χ3v) is 5.03. The summed E-state index contributed by atoms with van der Waals surface area (Å²) in [4.78, 5) is 13.4. The van der Waals surface area contributed by atoms with E-state index in [1.807, 2.05) is 55.1 Å². The molecule has 1 aromatic carbocycles. The summed E-state index contributed by atoms with van der Waals surface area (Å²) in [6, 6.07) is 12.0. The molecular formula is C19H21N3OS. The second-order valence-electron chi connectivity index (χ2n) is 5.93. The van der Waals surface area contributed by atoms with Gasteiger partial charge in [0.2, 0.25) is 0 Å². The molecule has 0 aliphatic carbocycles. The molecule has 0 unspecified atom stereocenters. The molecular weight excluding hydrogens is 318 g/mol. The first-order valence-corrected chi connectivity index (χ1v) is 8.86. The van der Waals surface area contributed by atoms with Crippen LogP contribution in [0, 0.1) is 20.8 Å². The number of rotatable bonds is 5. The molecule has 24 heavy (non-hydrogen) atoms. The van der Waals surface area contributed by atoms with E-state index in [9.17, 15) is 4.79 Å². The molecule has 0 saturated heterocycles. The summed E-state index contributed by atoms with van der Waals surface area (Å²) < 4.78 is 1.94. The van der Waals surface area contributed by atoms with Crippen molar-refractivity contribution < 1.29 is 4.79 Å². The zero-order valence-corrected chi connectivity index (χ0v) is 15.0. The summed E-state index contributed by atoms with van der Waals surface area (Å²) in [6.45, 7) is 7.31. The molecule has 0 radical (unpaired) electrons. The minimum absolute atomic E-state index is 0.0404. The summed E-state index contributed by atoms with van der Waals surface area (Å²) in [5, 5.41) is 9.64. The van der Waals surface area contributed by atoms with Crippen molar-refractivity contribution in [2.24, 2.45) is 0 Å². The number of aromatic nitrogens is 2. The van der Waals surface area contributed by atoms with Crippen LogP contribution in [0.15, 0.2) is 41.8 Å². The standard InChI is InChI=1S/C19H21N3OS/c1-13-6-7-16(11-14(13)2)19(23)20-8-9-22-15(3)12-17(21-22)18-5-4-10-24-18/h4-7,10-12H,8-9H2,1-3H3,(H,20,23). The smallest absolute Gasteiger partial charge is 0.251 e. The molecule has 124 valence electrons. The van der Waals surface area contributed by atoms with E-state index in [4.69, 9.17) is 0 Å². The maximum absolute atomic E-state index is 12.2. The highest BCUT2D eigenvalue weighted by molar-refractivity contribution is 7.13. The molecule has 1 amide bonds. The summed E-state index contributed by atoms with van der Waals surface area (Å²) in [5.41, 5.74) is 5.11. The Hall–Kier alpha value is -2.40. The first kappa shape index (κ1) is 16.5. The highest BCUT2D eigenvalue weighted by Crippen LogP contribution is 2.23. The number of carbonyl (C=O) groups excluding carboxylic acids is 1. The third-order valence-electron chi connectivity index (χ3n) is 4.13. The van der Waals surface area contributed by atoms with Crippen LogP contribution >= 0.6 is 11.3 Å². The van der Waals surface area contributed by atoms with Crippen LogP contribution in [0.5, 0.6) is 0 Å². The van der Waals surface area contributed by atoms with Crippen molar-refractivity contribution in [3.05, 3.63) is 64.2 Å². The molecule has 0 saturated carbocycles. The van der Waals surface area contributed by atoms with Crippen LogP contribution in [0.4, 0.5) is 0 Å². The van der Waals surface area contributed by atoms with Crippen LogP contribution < -0.4 is 5.32 Å². The monoisotopic (exact) mass is 339 g/mol. The number of aryl methyl sites for hydroxylation is 3. The van der Waals surface area contributed by atoms with Crippen molar-refractivity contribution >= 4 is 17.2 Å². The van der Waals surface area contributed by atoms with Crippen LogP contribution in [0.25, 0.3) is 10.6 Å². The number of thiophene rings is 1. The number of amides is 1. The minimum Gasteiger partial charge on any atom is -0.350 e. The molecule has 0 aliphatic rings. The Morgan fingerprint density at radius 1 is 1.17 bits per heavy atom. The van der Waals surface area contributed by atoms with Gasteiger partial charge in [0, 0.05) is 17.8 Å². The molecule has 2 heterocycles. The lowest BCUT2D eigenvalue weighted by molar-refractivity contribution is 0.0951. The van der Waals surface area contributed by atoms with Gasteiger partial charge in [-0.25, -0.2) is 0 Å². The van der Waals surface area contributed by atoms with Crippen LogP contribution in [0.1, 0.15) is 27.2 Å². The quantitative estimate of drug-likeness (QED) is 0.764. The van der Waals surface area contributed by atoms with E-state index in [-0.39, 0.29) is 5.91 Å². The van der Waals surface area contributed by atoms with E-state index in [1.165, 1.54) is 5.56 Å². The Morgan fingerprint density at radius 2 is 2.00 bits per heavy atom. The number of nitrogens with one attached hydrogen (secondary N) is 1. The van der Waals surface area contributed by atoms with Crippen molar-refractivity contribution in [1.82, 2.24) is 15.1 Å². The van der Waals surface area contributed by atoms with E-state index in [0.29, 0.717) is 18.7 Å². The van der Waals surface area contributed by atoms with E-state index in [1.54, 1.807) is 11.3 Å². The van der Waals surface area contributed by atoms with Crippen LogP contribution in [0.3, 0.4) is 0 Å². The van der Waals surface area contributed by atoms with Gasteiger partial charge < -0.3 is 5.32 Å². The molecule has 2 aromatic heterocycles. The summed E-state index contributed by atoms with van der Waals surface area (Å²) in [6.07, 6.45) is 0. The number of hydrogen-bond donors (Lipinski definition) is 1. The Balaban J connectivity index is 1.60. The number of nitrogens with zero attached hydrogens (tertiary/aromatic N) is 2. The molecule has 0 fully saturated rings. The van der Waals surface area contributed by atoms with E-state index in [2.05, 4.69) is 22.5 Å². The normalized spacial score (nSPS) is 10.8. The molecule has 0 bridgehead atoms. The lowest BCUT2D eigenvalue weighted by Crippen LogP contribution is -2.27.